The summed E-state index contributed by atoms with van der Waals surface area (Å²) in [4.78, 5) is 21.3. The van der Waals surface area contributed by atoms with E-state index in [4.69, 9.17) is 4.84 Å². The van der Waals surface area contributed by atoms with Crippen molar-refractivity contribution in [3.63, 3.8) is 0 Å². The van der Waals surface area contributed by atoms with Crippen LogP contribution in [-0.2, 0) is 11.4 Å². The number of aromatic nitrogens is 3. The Balaban J connectivity index is 1.35. The number of piperidine rings is 1. The Morgan fingerprint density at radius 1 is 1.10 bits per heavy atom. The molecule has 2 aliphatic rings. The van der Waals surface area contributed by atoms with Gasteiger partial charge in [-0.2, -0.15) is 15.0 Å². The SMILES string of the molecule is CC1CCC(ON2C=Cc3ccccc3C2)[C@@H](C(=O)c2cccc(-n3nccn3)c2)N1. The molecule has 3 heterocycles. The fraction of sp³-hybridized carbons (Fsp3) is 0.292. The van der Waals surface area contributed by atoms with Gasteiger partial charge in [0.15, 0.2) is 5.78 Å². The number of nitrogens with zero attached hydrogens (tertiary/aromatic N) is 4. The van der Waals surface area contributed by atoms with Gasteiger partial charge in [0, 0.05) is 17.8 Å². The summed E-state index contributed by atoms with van der Waals surface area (Å²) in [7, 11) is 0. The topological polar surface area (TPSA) is 72.3 Å². The molecule has 7 heteroatoms. The van der Waals surface area contributed by atoms with Crippen molar-refractivity contribution >= 4 is 11.9 Å². The molecule has 1 aromatic heterocycles. The lowest BCUT2D eigenvalue weighted by Gasteiger charge is -2.38. The number of rotatable bonds is 5. The first-order valence-corrected chi connectivity index (χ1v) is 10.6. The summed E-state index contributed by atoms with van der Waals surface area (Å²) >= 11 is 0. The second-order valence-corrected chi connectivity index (χ2v) is 8.09. The van der Waals surface area contributed by atoms with Gasteiger partial charge in [-0.3, -0.25) is 14.7 Å². The Hall–Kier alpha value is -3.29. The van der Waals surface area contributed by atoms with Gasteiger partial charge in [-0.1, -0.05) is 36.4 Å². The van der Waals surface area contributed by atoms with Gasteiger partial charge in [0.25, 0.3) is 0 Å². The van der Waals surface area contributed by atoms with Gasteiger partial charge in [-0.05, 0) is 49.1 Å². The molecule has 31 heavy (non-hydrogen) atoms. The van der Waals surface area contributed by atoms with Crippen molar-refractivity contribution in [2.24, 2.45) is 0 Å². The number of carbonyl (C=O) groups is 1. The van der Waals surface area contributed by atoms with E-state index in [1.165, 1.54) is 15.9 Å². The van der Waals surface area contributed by atoms with Crippen LogP contribution in [0.5, 0.6) is 0 Å². The van der Waals surface area contributed by atoms with Crippen LogP contribution in [0, 0.1) is 0 Å². The first-order valence-electron chi connectivity index (χ1n) is 10.6. The maximum atomic E-state index is 13.5. The van der Waals surface area contributed by atoms with Gasteiger partial charge in [0.1, 0.15) is 12.1 Å². The summed E-state index contributed by atoms with van der Waals surface area (Å²) in [6.07, 6.45) is 8.77. The average molecular weight is 415 g/mol. The Morgan fingerprint density at radius 3 is 2.81 bits per heavy atom. The Kier molecular flexibility index (Phi) is 5.36. The number of ketones is 1. The van der Waals surface area contributed by atoms with Crippen molar-refractivity contribution in [1.82, 2.24) is 25.4 Å². The van der Waals surface area contributed by atoms with Crippen molar-refractivity contribution in [2.45, 2.75) is 44.5 Å². The standard InChI is InChI=1S/C24H25N5O2/c1-17-9-10-22(31-28-14-11-18-5-2-3-6-20(18)16-28)23(27-17)24(30)19-7-4-8-21(15-19)29-25-12-13-26-29/h2-8,11-15,17,22-23,27H,9-10,16H2,1H3/t17?,22?,23-/m0/s1. The monoisotopic (exact) mass is 415 g/mol. The molecular formula is C24H25N5O2. The van der Waals surface area contributed by atoms with E-state index in [1.807, 2.05) is 47.7 Å². The molecule has 1 saturated heterocycles. The quantitative estimate of drug-likeness (QED) is 0.644. The van der Waals surface area contributed by atoms with Crippen LogP contribution in [0.4, 0.5) is 0 Å². The maximum absolute atomic E-state index is 13.5. The predicted molar refractivity (Wildman–Crippen MR) is 117 cm³/mol. The van der Waals surface area contributed by atoms with E-state index in [0.717, 1.165) is 18.5 Å². The zero-order valence-electron chi connectivity index (χ0n) is 17.4. The normalized spacial score (nSPS) is 22.9. The lowest BCUT2D eigenvalue weighted by atomic mass is 9.90. The van der Waals surface area contributed by atoms with Crippen LogP contribution >= 0.6 is 0 Å². The van der Waals surface area contributed by atoms with Crippen molar-refractivity contribution in [1.29, 1.82) is 0 Å². The predicted octanol–water partition coefficient (Wildman–Crippen LogP) is 3.38. The van der Waals surface area contributed by atoms with Gasteiger partial charge in [0.05, 0.1) is 24.6 Å². The van der Waals surface area contributed by atoms with Gasteiger partial charge < -0.3 is 5.32 Å². The molecule has 2 aromatic carbocycles. The molecule has 7 nitrogen and oxygen atoms in total. The maximum Gasteiger partial charge on any atom is 0.182 e. The fourth-order valence-corrected chi connectivity index (χ4v) is 4.22. The third-order valence-corrected chi connectivity index (χ3v) is 5.86. The molecule has 1 fully saturated rings. The number of fused-ring (bicyclic) bond motifs is 1. The molecule has 0 saturated carbocycles. The Labute approximate surface area is 181 Å². The van der Waals surface area contributed by atoms with Crippen molar-refractivity contribution in [3.05, 3.63) is 83.8 Å². The number of carbonyl (C=O) groups excluding carboxylic acids is 1. The molecule has 0 amide bonds. The molecule has 2 aliphatic heterocycles. The van der Waals surface area contributed by atoms with Crippen LogP contribution in [-0.4, -0.2) is 44.0 Å². The summed E-state index contributed by atoms with van der Waals surface area (Å²) < 4.78 is 0. The highest BCUT2D eigenvalue weighted by Gasteiger charge is 2.36. The van der Waals surface area contributed by atoms with Gasteiger partial charge in [-0.25, -0.2) is 0 Å². The molecule has 0 aliphatic carbocycles. The highest BCUT2D eigenvalue weighted by atomic mass is 16.7. The molecule has 5 rings (SSSR count). The Bertz CT molecular complexity index is 1090. The molecule has 3 atom stereocenters. The van der Waals surface area contributed by atoms with E-state index in [9.17, 15) is 4.79 Å². The highest BCUT2D eigenvalue weighted by molar-refractivity contribution is 6.01. The number of benzene rings is 2. The van der Waals surface area contributed by atoms with Crippen LogP contribution in [0.1, 0.15) is 41.3 Å². The van der Waals surface area contributed by atoms with Crippen LogP contribution in [0.15, 0.2) is 67.1 Å². The number of nitrogens with one attached hydrogen (secondary N) is 1. The zero-order chi connectivity index (χ0) is 21.2. The van der Waals surface area contributed by atoms with Crippen molar-refractivity contribution in [3.8, 4) is 5.69 Å². The number of hydrogen-bond acceptors (Lipinski definition) is 6. The lowest BCUT2D eigenvalue weighted by Crippen LogP contribution is -2.55. The lowest BCUT2D eigenvalue weighted by molar-refractivity contribution is -0.183. The smallest absolute Gasteiger partial charge is 0.182 e. The zero-order valence-corrected chi connectivity index (χ0v) is 17.4. The van der Waals surface area contributed by atoms with E-state index < -0.39 is 6.04 Å². The summed E-state index contributed by atoms with van der Waals surface area (Å²) in [5.74, 6) is 0.0203. The minimum Gasteiger partial charge on any atom is -0.302 e. The van der Waals surface area contributed by atoms with Crippen LogP contribution in [0.3, 0.4) is 0 Å². The number of hydrogen-bond donors (Lipinski definition) is 1. The fourth-order valence-electron chi connectivity index (χ4n) is 4.22. The summed E-state index contributed by atoms with van der Waals surface area (Å²) in [5, 5.41) is 13.6. The van der Waals surface area contributed by atoms with E-state index in [1.54, 1.807) is 12.4 Å². The number of hydroxylamine groups is 2. The average Bonchev–Trinajstić information content (AvgIpc) is 3.35. The van der Waals surface area contributed by atoms with Crippen LogP contribution in [0.2, 0.25) is 0 Å². The second-order valence-electron chi connectivity index (χ2n) is 8.09. The Morgan fingerprint density at radius 2 is 1.94 bits per heavy atom. The van der Waals surface area contributed by atoms with Crippen LogP contribution < -0.4 is 5.32 Å². The van der Waals surface area contributed by atoms with Crippen molar-refractivity contribution in [2.75, 3.05) is 0 Å². The number of Topliss-reactive ketones (excluding diaryl/α,β-unsaturated/α-hetero) is 1. The van der Waals surface area contributed by atoms with Gasteiger partial charge >= 0.3 is 0 Å². The summed E-state index contributed by atoms with van der Waals surface area (Å²) in [6.45, 7) is 2.78. The molecule has 0 bridgehead atoms. The van der Waals surface area contributed by atoms with Gasteiger partial charge in [-0.15, -0.1) is 0 Å². The third kappa shape index (κ3) is 4.15. The van der Waals surface area contributed by atoms with Gasteiger partial charge in [0.2, 0.25) is 0 Å². The first-order chi connectivity index (χ1) is 15.2. The molecule has 3 aromatic rings. The molecule has 1 N–H and O–H groups in total. The highest BCUT2D eigenvalue weighted by Crippen LogP contribution is 2.25. The second kappa shape index (κ2) is 8.45. The molecule has 0 radical (unpaired) electrons. The molecule has 0 spiro atoms. The molecule has 158 valence electrons. The van der Waals surface area contributed by atoms with E-state index in [0.29, 0.717) is 12.1 Å². The largest absolute Gasteiger partial charge is 0.302 e. The molecular weight excluding hydrogens is 390 g/mol. The molecule has 2 unspecified atom stereocenters. The van der Waals surface area contributed by atoms with E-state index in [2.05, 4.69) is 40.6 Å². The first kappa shape index (κ1) is 19.7. The van der Waals surface area contributed by atoms with Crippen LogP contribution in [0.25, 0.3) is 11.8 Å². The third-order valence-electron chi connectivity index (χ3n) is 5.86. The van der Waals surface area contributed by atoms with Crippen molar-refractivity contribution < 1.29 is 9.63 Å². The minimum absolute atomic E-state index is 0.0203. The van der Waals surface area contributed by atoms with E-state index >= 15 is 0 Å². The van der Waals surface area contributed by atoms with E-state index in [-0.39, 0.29) is 17.9 Å². The summed E-state index contributed by atoms with van der Waals surface area (Å²) in [5.41, 5.74) is 3.79. The minimum atomic E-state index is -0.421. The summed E-state index contributed by atoms with van der Waals surface area (Å²) in [6, 6.07) is 15.5.